The highest BCUT2D eigenvalue weighted by Crippen LogP contribution is 2.38. The van der Waals surface area contributed by atoms with E-state index in [1.165, 1.54) is 0 Å². The first-order valence-electron chi connectivity index (χ1n) is 19.3. The van der Waals surface area contributed by atoms with E-state index in [2.05, 4.69) is 41.2 Å². The molecule has 54 heavy (non-hydrogen) atoms. The van der Waals surface area contributed by atoms with Crippen molar-refractivity contribution in [3.63, 3.8) is 0 Å². The van der Waals surface area contributed by atoms with Crippen molar-refractivity contribution in [2.45, 2.75) is 91.8 Å². The number of hydrogen-bond donors (Lipinski definition) is 5. The minimum absolute atomic E-state index is 0.235. The molecule has 2 heterocycles. The number of nitrogens with two attached hydrogens (primary N) is 1. The number of urea groups is 1. The van der Waals surface area contributed by atoms with Gasteiger partial charge in [-0.25, -0.2) is 9.79 Å². The summed E-state index contributed by atoms with van der Waals surface area (Å²) >= 11 is 0. The summed E-state index contributed by atoms with van der Waals surface area (Å²) in [6, 6.07) is 18.6. The molecule has 1 saturated heterocycles. The predicted octanol–water partition coefficient (Wildman–Crippen LogP) is 7.22. The van der Waals surface area contributed by atoms with Crippen LogP contribution in [0.1, 0.15) is 96.9 Å². The highest BCUT2D eigenvalue weighted by molar-refractivity contribution is 6.05. The first kappa shape index (κ1) is 40.1. The van der Waals surface area contributed by atoms with Crippen molar-refractivity contribution in [1.82, 2.24) is 25.0 Å². The monoisotopic (exact) mass is 737 g/mol. The molecule has 2 aliphatic rings. The van der Waals surface area contributed by atoms with Crippen molar-refractivity contribution in [2.75, 3.05) is 32.8 Å². The normalized spacial score (nSPS) is 19.2. The molecule has 0 spiro atoms. The topological polar surface area (TPSA) is 157 Å². The van der Waals surface area contributed by atoms with E-state index >= 15 is 0 Å². The summed E-state index contributed by atoms with van der Waals surface area (Å²) in [7, 11) is 0. The highest BCUT2D eigenvalue weighted by atomic mass is 16.5. The standard InChI is InChI=1S/C42H59N9O3/c1-7-49(8-2)24-25-53-31-16-13-15-30(26-31)46-39(27-37(43)42(4,5)6)48-41(52)47-35-20-21-36(34-18-10-9-17-33(34)35)54-32-19-22-38(44)51(28-32)40(45)50-23-12-11-14-29(50)3/h9-10,13,15-19,22,26-29,35-36,44-45H,7-8,11-12,14,20-21,23-25,43H2,1-6H3,(H2,46,47,48,52)/b37-27-,44-38?,45-40?/t29-,35-,36+/m0/s1. The number of likely N-dealkylation sites (tertiary alicyclic amines) is 1. The number of allylic oxidation sites excluding steroid dienone is 1. The number of benzene rings is 2. The maximum absolute atomic E-state index is 13.7. The fraction of sp³-hybridized carbons (Fsp3) is 0.476. The van der Waals surface area contributed by atoms with Crippen LogP contribution in [0.25, 0.3) is 0 Å². The summed E-state index contributed by atoms with van der Waals surface area (Å²) in [5, 5.41) is 23.6. The molecule has 3 aromatic rings. The third-order valence-corrected chi connectivity index (χ3v) is 10.3. The van der Waals surface area contributed by atoms with E-state index in [-0.39, 0.29) is 29.1 Å². The number of amides is 2. The van der Waals surface area contributed by atoms with Gasteiger partial charge in [0.25, 0.3) is 0 Å². The number of piperidine rings is 1. The van der Waals surface area contributed by atoms with Crippen LogP contribution in [0.5, 0.6) is 11.5 Å². The van der Waals surface area contributed by atoms with Gasteiger partial charge in [0.2, 0.25) is 5.96 Å². The Labute approximate surface area is 320 Å². The molecule has 1 fully saturated rings. The van der Waals surface area contributed by atoms with Crippen LogP contribution in [-0.4, -0.2) is 71.0 Å². The van der Waals surface area contributed by atoms with Crippen LogP contribution >= 0.6 is 0 Å². The molecule has 3 atom stereocenters. The van der Waals surface area contributed by atoms with Gasteiger partial charge in [0.05, 0.1) is 17.9 Å². The summed E-state index contributed by atoms with van der Waals surface area (Å²) in [6.07, 6.45) is 7.74. The number of rotatable bonds is 11. The zero-order valence-corrected chi connectivity index (χ0v) is 32.8. The lowest BCUT2D eigenvalue weighted by Crippen LogP contribution is -2.47. The molecule has 1 aliphatic carbocycles. The Morgan fingerprint density at radius 3 is 2.50 bits per heavy atom. The van der Waals surface area contributed by atoms with Crippen molar-refractivity contribution in [3.8, 4) is 11.5 Å². The first-order chi connectivity index (χ1) is 25.9. The van der Waals surface area contributed by atoms with Crippen molar-refractivity contribution < 1.29 is 14.3 Å². The minimum atomic E-state index is -0.393. The Hall–Kier alpha value is -5.10. The second-order valence-corrected chi connectivity index (χ2v) is 15.2. The van der Waals surface area contributed by atoms with E-state index in [0.717, 1.165) is 56.6 Å². The van der Waals surface area contributed by atoms with Gasteiger partial charge in [-0.1, -0.05) is 65.0 Å². The number of nitrogens with one attached hydrogen (secondary N) is 4. The van der Waals surface area contributed by atoms with E-state index in [0.29, 0.717) is 54.1 Å². The van der Waals surface area contributed by atoms with Gasteiger partial charge in [-0.05, 0) is 87.5 Å². The number of carbonyl (C=O) groups is 1. The van der Waals surface area contributed by atoms with Crippen molar-refractivity contribution >= 4 is 23.5 Å². The zero-order valence-electron chi connectivity index (χ0n) is 32.8. The third kappa shape index (κ3) is 10.5. The van der Waals surface area contributed by atoms with Crippen molar-refractivity contribution in [3.05, 3.63) is 95.2 Å². The van der Waals surface area contributed by atoms with Crippen molar-refractivity contribution in [1.29, 1.82) is 10.8 Å². The van der Waals surface area contributed by atoms with Gasteiger partial charge < -0.3 is 30.3 Å². The Morgan fingerprint density at radius 2 is 1.78 bits per heavy atom. The molecular weight excluding hydrogens is 679 g/mol. The molecular formula is C42H59N9O3. The highest BCUT2D eigenvalue weighted by Gasteiger charge is 2.30. The minimum Gasteiger partial charge on any atom is -0.492 e. The van der Waals surface area contributed by atoms with E-state index in [4.69, 9.17) is 31.0 Å². The lowest BCUT2D eigenvalue weighted by molar-refractivity contribution is 0.170. The van der Waals surface area contributed by atoms with E-state index in [9.17, 15) is 4.79 Å². The smallest absolute Gasteiger partial charge is 0.320 e. The van der Waals surface area contributed by atoms with Crippen LogP contribution < -0.4 is 31.3 Å². The van der Waals surface area contributed by atoms with Gasteiger partial charge in [-0.3, -0.25) is 20.7 Å². The van der Waals surface area contributed by atoms with Gasteiger partial charge in [0, 0.05) is 42.4 Å². The second kappa shape index (κ2) is 18.3. The van der Waals surface area contributed by atoms with Crippen LogP contribution in [0.3, 0.4) is 0 Å². The summed E-state index contributed by atoms with van der Waals surface area (Å²) in [6.45, 7) is 16.6. The molecule has 1 aliphatic heterocycles. The molecule has 5 rings (SSSR count). The third-order valence-electron chi connectivity index (χ3n) is 10.3. The van der Waals surface area contributed by atoms with E-state index in [1.807, 2.05) is 69.3 Å². The largest absolute Gasteiger partial charge is 0.492 e. The summed E-state index contributed by atoms with van der Waals surface area (Å²) in [4.78, 5) is 22.8. The summed E-state index contributed by atoms with van der Waals surface area (Å²) < 4.78 is 14.2. The number of amidine groups is 1. The maximum Gasteiger partial charge on any atom is 0.320 e. The molecule has 2 amide bonds. The molecule has 0 radical (unpaired) electrons. The molecule has 2 aromatic carbocycles. The number of aliphatic imine (C=N–C) groups is 1. The predicted molar refractivity (Wildman–Crippen MR) is 215 cm³/mol. The average Bonchev–Trinajstić information content (AvgIpc) is 3.15. The number of likely N-dealkylation sites (N-methyl/N-ethyl adjacent to an activating group) is 1. The second-order valence-electron chi connectivity index (χ2n) is 15.2. The summed E-state index contributed by atoms with van der Waals surface area (Å²) in [5.41, 5.74) is 9.54. The van der Waals surface area contributed by atoms with Gasteiger partial charge in [0.15, 0.2) is 0 Å². The summed E-state index contributed by atoms with van der Waals surface area (Å²) in [5.74, 6) is 1.91. The van der Waals surface area contributed by atoms with Crippen molar-refractivity contribution in [2.24, 2.45) is 16.1 Å². The lowest BCUT2D eigenvalue weighted by Gasteiger charge is -2.36. The van der Waals surface area contributed by atoms with Crippen LogP contribution in [0.2, 0.25) is 0 Å². The number of ether oxygens (including phenoxy) is 2. The fourth-order valence-electron chi connectivity index (χ4n) is 6.85. The quantitative estimate of drug-likeness (QED) is 0.103. The molecule has 6 N–H and O–H groups in total. The Bertz CT molecular complexity index is 1870. The van der Waals surface area contributed by atoms with Gasteiger partial charge in [-0.2, -0.15) is 0 Å². The molecule has 12 heteroatoms. The average molecular weight is 738 g/mol. The van der Waals surface area contributed by atoms with Crippen LogP contribution in [0.15, 0.2) is 83.6 Å². The number of nitrogens with zero attached hydrogens (tertiary/aromatic N) is 4. The molecule has 12 nitrogen and oxygen atoms in total. The maximum atomic E-state index is 13.7. The number of pyridine rings is 1. The van der Waals surface area contributed by atoms with E-state index < -0.39 is 6.03 Å². The number of aromatic nitrogens is 1. The van der Waals surface area contributed by atoms with Gasteiger partial charge in [0.1, 0.15) is 35.5 Å². The Balaban J connectivity index is 1.30. The number of hydrogen-bond acceptors (Lipinski definition) is 8. The van der Waals surface area contributed by atoms with Crippen LogP contribution in [0.4, 0.5) is 10.5 Å². The molecule has 0 saturated carbocycles. The van der Waals surface area contributed by atoms with Gasteiger partial charge >= 0.3 is 6.03 Å². The number of carbonyl (C=O) groups excluding carboxylic acids is 1. The lowest BCUT2D eigenvalue weighted by atomic mass is 9.85. The molecule has 0 bridgehead atoms. The zero-order chi connectivity index (χ0) is 38.8. The van der Waals surface area contributed by atoms with Crippen LogP contribution in [0, 0.1) is 16.2 Å². The Kier molecular flexibility index (Phi) is 13.6. The molecule has 290 valence electrons. The first-order valence-corrected chi connectivity index (χ1v) is 19.3. The Morgan fingerprint density at radius 1 is 1.02 bits per heavy atom. The number of fused-ring (bicyclic) bond motifs is 1. The molecule has 1 aromatic heterocycles. The van der Waals surface area contributed by atoms with Crippen LogP contribution in [-0.2, 0) is 0 Å². The fourth-order valence-corrected chi connectivity index (χ4v) is 6.85. The molecule has 0 unspecified atom stereocenters. The van der Waals surface area contributed by atoms with E-state index in [1.54, 1.807) is 29.0 Å². The SMILES string of the molecule is CCN(CC)CCOc1cccc(N=C(/C=C(\N)C(C)(C)C)NC(=O)N[C@H]2CC[C@@H](Oc3ccc(=N)n(C(=N)N4CCCC[C@@H]4C)c3)c3ccccc32)c1. The van der Waals surface area contributed by atoms with Gasteiger partial charge in [-0.15, -0.1) is 0 Å².